The van der Waals surface area contributed by atoms with E-state index in [9.17, 15) is 9.59 Å². The molecule has 0 spiro atoms. The van der Waals surface area contributed by atoms with E-state index < -0.39 is 5.60 Å². The van der Waals surface area contributed by atoms with Gasteiger partial charge in [0.15, 0.2) is 0 Å². The predicted octanol–water partition coefficient (Wildman–Crippen LogP) is 3.77. The van der Waals surface area contributed by atoms with Gasteiger partial charge in [0, 0.05) is 37.6 Å². The Kier molecular flexibility index (Phi) is 6.55. The van der Waals surface area contributed by atoms with Crippen molar-refractivity contribution in [3.05, 3.63) is 23.8 Å². The number of rotatable bonds is 3. The Balaban J connectivity index is 2.01. The molecule has 1 aliphatic rings. The minimum atomic E-state index is -0.481. The molecule has 0 aliphatic carbocycles. The smallest absolute Gasteiger partial charge is 0.410 e. The maximum atomic E-state index is 12.2. The zero-order valence-corrected chi connectivity index (χ0v) is 17.7. The summed E-state index contributed by atoms with van der Waals surface area (Å²) in [7, 11) is 0. The molecule has 1 unspecified atom stereocenters. The van der Waals surface area contributed by atoms with Crippen molar-refractivity contribution in [1.82, 2.24) is 4.90 Å². The average Bonchev–Trinajstić information content (AvgIpc) is 2.55. The van der Waals surface area contributed by atoms with E-state index >= 15 is 0 Å². The molecule has 0 saturated carbocycles. The van der Waals surface area contributed by atoms with Crippen LogP contribution in [0.5, 0.6) is 0 Å². The number of aryl methyl sites for hydroxylation is 1. The summed E-state index contributed by atoms with van der Waals surface area (Å²) in [4.78, 5) is 27.8. The zero-order chi connectivity index (χ0) is 19.5. The van der Waals surface area contributed by atoms with E-state index in [0.717, 1.165) is 30.0 Å². The quantitative estimate of drug-likeness (QED) is 0.748. The molecule has 1 heterocycles. The molecule has 1 atom stereocenters. The maximum Gasteiger partial charge on any atom is 0.410 e. The fourth-order valence-corrected chi connectivity index (χ4v) is 2.76. The minimum absolute atomic E-state index is 0.0694. The lowest BCUT2D eigenvalue weighted by molar-refractivity contribution is -0.115. The SMILES string of the molecule is Cc1ccc(N2CCN(C(=O)OC(C)(C)C)CC2)cc1NC(=O)C(C)Br. The van der Waals surface area contributed by atoms with E-state index in [0.29, 0.717) is 13.1 Å². The normalized spacial score (nSPS) is 16.2. The van der Waals surface area contributed by atoms with E-state index in [1.165, 1.54) is 0 Å². The standard InChI is InChI=1S/C19H28BrN3O3/c1-13-6-7-15(12-16(13)21-17(24)14(2)20)22-8-10-23(11-9-22)18(25)26-19(3,4)5/h6-7,12,14H,8-11H2,1-5H3,(H,21,24). The summed E-state index contributed by atoms with van der Waals surface area (Å²) < 4.78 is 5.44. The highest BCUT2D eigenvalue weighted by Crippen LogP contribution is 2.25. The van der Waals surface area contributed by atoms with Gasteiger partial charge in [-0.2, -0.15) is 0 Å². The molecule has 6 nitrogen and oxygen atoms in total. The number of hydrogen-bond donors (Lipinski definition) is 1. The second-order valence-electron chi connectivity index (χ2n) is 7.56. The number of amides is 2. The van der Waals surface area contributed by atoms with Crippen LogP contribution >= 0.6 is 15.9 Å². The summed E-state index contributed by atoms with van der Waals surface area (Å²) in [5, 5.41) is 2.94. The Morgan fingerprint density at radius 3 is 2.35 bits per heavy atom. The third-order valence-electron chi connectivity index (χ3n) is 4.14. The van der Waals surface area contributed by atoms with E-state index in [-0.39, 0.29) is 16.8 Å². The molecule has 0 bridgehead atoms. The molecule has 26 heavy (non-hydrogen) atoms. The van der Waals surface area contributed by atoms with Gasteiger partial charge < -0.3 is 19.9 Å². The number of halogens is 1. The lowest BCUT2D eigenvalue weighted by Gasteiger charge is -2.37. The highest BCUT2D eigenvalue weighted by molar-refractivity contribution is 9.10. The van der Waals surface area contributed by atoms with Gasteiger partial charge in [-0.05, 0) is 52.3 Å². The van der Waals surface area contributed by atoms with Crippen LogP contribution in [-0.2, 0) is 9.53 Å². The summed E-state index contributed by atoms with van der Waals surface area (Å²) in [6.07, 6.45) is -0.264. The molecule has 1 saturated heterocycles. The van der Waals surface area contributed by atoms with E-state index in [4.69, 9.17) is 4.74 Å². The molecule has 7 heteroatoms. The van der Waals surface area contributed by atoms with Crippen molar-refractivity contribution in [3.8, 4) is 0 Å². The molecule has 144 valence electrons. The van der Waals surface area contributed by atoms with Crippen molar-refractivity contribution in [2.45, 2.75) is 45.0 Å². The predicted molar refractivity (Wildman–Crippen MR) is 108 cm³/mol. The van der Waals surface area contributed by atoms with Gasteiger partial charge in [0.1, 0.15) is 5.60 Å². The largest absolute Gasteiger partial charge is 0.444 e. The van der Waals surface area contributed by atoms with Gasteiger partial charge >= 0.3 is 6.09 Å². The molecular weight excluding hydrogens is 398 g/mol. The van der Waals surface area contributed by atoms with Gasteiger partial charge in [0.2, 0.25) is 5.91 Å². The number of piperazine rings is 1. The second kappa shape index (κ2) is 8.29. The summed E-state index contributed by atoms with van der Waals surface area (Å²) in [5.41, 5.74) is 2.39. The van der Waals surface area contributed by atoms with E-state index in [1.54, 1.807) is 11.8 Å². The molecule has 1 N–H and O–H groups in total. The van der Waals surface area contributed by atoms with Crippen molar-refractivity contribution in [1.29, 1.82) is 0 Å². The number of carbonyl (C=O) groups excluding carboxylic acids is 2. The highest BCUT2D eigenvalue weighted by atomic mass is 79.9. The monoisotopic (exact) mass is 425 g/mol. The summed E-state index contributed by atoms with van der Waals surface area (Å²) in [5.74, 6) is -0.0694. The van der Waals surface area contributed by atoms with Gasteiger partial charge in [0.25, 0.3) is 0 Å². The van der Waals surface area contributed by atoms with Crippen molar-refractivity contribution in [3.63, 3.8) is 0 Å². The summed E-state index contributed by atoms with van der Waals surface area (Å²) in [6, 6.07) is 6.04. The fraction of sp³-hybridized carbons (Fsp3) is 0.579. The van der Waals surface area contributed by atoms with Crippen LogP contribution < -0.4 is 10.2 Å². The first-order valence-corrected chi connectivity index (χ1v) is 9.77. The zero-order valence-electron chi connectivity index (χ0n) is 16.1. The topological polar surface area (TPSA) is 61.9 Å². The number of nitrogens with one attached hydrogen (secondary N) is 1. The van der Waals surface area contributed by atoms with Gasteiger partial charge in [0.05, 0.1) is 4.83 Å². The van der Waals surface area contributed by atoms with Crippen LogP contribution in [-0.4, -0.2) is 53.5 Å². The Morgan fingerprint density at radius 2 is 1.81 bits per heavy atom. The molecule has 1 aliphatic heterocycles. The third kappa shape index (κ3) is 5.62. The lowest BCUT2D eigenvalue weighted by atomic mass is 10.1. The first-order chi connectivity index (χ1) is 12.1. The second-order valence-corrected chi connectivity index (χ2v) is 8.93. The first kappa shape index (κ1) is 20.6. The van der Waals surface area contributed by atoms with Gasteiger partial charge in [-0.25, -0.2) is 4.79 Å². The number of nitrogens with zero attached hydrogens (tertiary/aromatic N) is 2. The Hall–Kier alpha value is -1.76. The van der Waals surface area contributed by atoms with Gasteiger partial charge in [-0.15, -0.1) is 0 Å². The Bertz CT molecular complexity index is 662. The van der Waals surface area contributed by atoms with Crippen molar-refractivity contribution in [2.75, 3.05) is 36.4 Å². The van der Waals surface area contributed by atoms with E-state index in [2.05, 4.69) is 26.1 Å². The average molecular weight is 426 g/mol. The summed E-state index contributed by atoms with van der Waals surface area (Å²) >= 11 is 3.29. The number of alkyl halides is 1. The van der Waals surface area contributed by atoms with Crippen LogP contribution in [0.25, 0.3) is 0 Å². The van der Waals surface area contributed by atoms with Gasteiger partial charge in [-0.1, -0.05) is 22.0 Å². The molecule has 2 rings (SSSR count). The number of hydrogen-bond acceptors (Lipinski definition) is 4. The molecule has 2 amide bonds. The lowest BCUT2D eigenvalue weighted by Crippen LogP contribution is -2.50. The molecule has 1 aromatic rings. The van der Waals surface area contributed by atoms with Crippen LogP contribution in [0, 0.1) is 6.92 Å². The van der Waals surface area contributed by atoms with Crippen LogP contribution in [0.4, 0.5) is 16.2 Å². The van der Waals surface area contributed by atoms with Crippen molar-refractivity contribution < 1.29 is 14.3 Å². The number of carbonyl (C=O) groups is 2. The molecular formula is C19H28BrN3O3. The van der Waals surface area contributed by atoms with Crippen LogP contribution in [0.1, 0.15) is 33.3 Å². The van der Waals surface area contributed by atoms with Crippen molar-refractivity contribution in [2.24, 2.45) is 0 Å². The minimum Gasteiger partial charge on any atom is -0.444 e. The maximum absolute atomic E-state index is 12.2. The first-order valence-electron chi connectivity index (χ1n) is 8.85. The number of ether oxygens (including phenoxy) is 1. The molecule has 1 fully saturated rings. The Labute approximate surface area is 164 Å². The van der Waals surface area contributed by atoms with Crippen LogP contribution in [0.15, 0.2) is 18.2 Å². The number of benzene rings is 1. The number of anilines is 2. The molecule has 0 radical (unpaired) electrons. The van der Waals surface area contributed by atoms with E-state index in [1.807, 2.05) is 45.9 Å². The van der Waals surface area contributed by atoms with Gasteiger partial charge in [-0.3, -0.25) is 4.79 Å². The highest BCUT2D eigenvalue weighted by Gasteiger charge is 2.26. The molecule has 0 aromatic heterocycles. The fourth-order valence-electron chi connectivity index (χ4n) is 2.65. The van der Waals surface area contributed by atoms with Crippen LogP contribution in [0.3, 0.4) is 0 Å². The molecule has 1 aromatic carbocycles. The van der Waals surface area contributed by atoms with Crippen molar-refractivity contribution >= 4 is 39.3 Å². The third-order valence-corrected chi connectivity index (χ3v) is 4.55. The Morgan fingerprint density at radius 1 is 1.19 bits per heavy atom. The summed E-state index contributed by atoms with van der Waals surface area (Å²) in [6.45, 7) is 12.1. The van der Waals surface area contributed by atoms with Crippen LogP contribution in [0.2, 0.25) is 0 Å².